The summed E-state index contributed by atoms with van der Waals surface area (Å²) in [5.41, 5.74) is 0.702. The molecule has 5 nitrogen and oxygen atoms in total. The van der Waals surface area contributed by atoms with Gasteiger partial charge in [0, 0.05) is 16.1 Å². The lowest BCUT2D eigenvalue weighted by atomic mass is 10.1. The van der Waals surface area contributed by atoms with Crippen LogP contribution in [0.25, 0.3) is 0 Å². The highest BCUT2D eigenvalue weighted by Gasteiger charge is 2.16. The molecule has 108 valence electrons. The quantitative estimate of drug-likeness (QED) is 0.812. The number of aromatic hydroxyl groups is 1. The third kappa shape index (κ3) is 3.14. The summed E-state index contributed by atoms with van der Waals surface area (Å²) < 4.78 is 0. The first-order valence-corrected chi connectivity index (χ1v) is 6.40. The lowest BCUT2D eigenvalue weighted by Gasteiger charge is -2.11. The number of benzene rings is 2. The third-order valence-corrected chi connectivity index (χ3v) is 3.25. The molecular formula is C15H12ClNO4. The SMILES string of the molecule is Cc1c(O)cccc1C(=O)Nc1cc(Cl)ccc1C(=O)O. The average molecular weight is 306 g/mol. The van der Waals surface area contributed by atoms with Crippen LogP contribution in [-0.2, 0) is 0 Å². The van der Waals surface area contributed by atoms with Crippen LogP contribution in [0.5, 0.6) is 5.75 Å². The number of phenols is 1. The van der Waals surface area contributed by atoms with Gasteiger partial charge >= 0.3 is 5.97 Å². The van der Waals surface area contributed by atoms with Crippen molar-refractivity contribution < 1.29 is 19.8 Å². The zero-order valence-corrected chi connectivity index (χ0v) is 11.8. The molecule has 0 saturated heterocycles. The second-order valence-corrected chi connectivity index (χ2v) is 4.84. The summed E-state index contributed by atoms with van der Waals surface area (Å²) in [5, 5.41) is 21.5. The van der Waals surface area contributed by atoms with Crippen molar-refractivity contribution in [3.8, 4) is 5.75 Å². The normalized spacial score (nSPS) is 10.2. The number of anilines is 1. The second kappa shape index (κ2) is 5.85. The molecule has 0 aliphatic heterocycles. The van der Waals surface area contributed by atoms with Crippen LogP contribution in [0.15, 0.2) is 36.4 Å². The van der Waals surface area contributed by atoms with E-state index in [9.17, 15) is 14.7 Å². The van der Waals surface area contributed by atoms with Gasteiger partial charge in [0.1, 0.15) is 5.75 Å². The molecule has 0 heterocycles. The Labute approximate surface area is 125 Å². The van der Waals surface area contributed by atoms with Crippen LogP contribution < -0.4 is 5.32 Å². The molecule has 0 spiro atoms. The van der Waals surface area contributed by atoms with Gasteiger partial charge in [0.15, 0.2) is 0 Å². The van der Waals surface area contributed by atoms with E-state index in [1.165, 1.54) is 36.4 Å². The van der Waals surface area contributed by atoms with E-state index in [1.807, 2.05) is 0 Å². The van der Waals surface area contributed by atoms with Gasteiger partial charge in [0.05, 0.1) is 11.3 Å². The molecule has 0 saturated carbocycles. The summed E-state index contributed by atoms with van der Waals surface area (Å²) in [6.07, 6.45) is 0. The number of aromatic carboxylic acids is 1. The summed E-state index contributed by atoms with van der Waals surface area (Å²) in [4.78, 5) is 23.4. The molecule has 3 N–H and O–H groups in total. The fourth-order valence-electron chi connectivity index (χ4n) is 1.87. The van der Waals surface area contributed by atoms with Crippen LogP contribution in [0, 0.1) is 6.92 Å². The Hall–Kier alpha value is -2.53. The van der Waals surface area contributed by atoms with E-state index in [-0.39, 0.29) is 22.6 Å². The predicted molar refractivity (Wildman–Crippen MR) is 79.2 cm³/mol. The van der Waals surface area contributed by atoms with Crippen molar-refractivity contribution in [2.75, 3.05) is 5.32 Å². The zero-order valence-electron chi connectivity index (χ0n) is 11.1. The van der Waals surface area contributed by atoms with Crippen LogP contribution in [0.4, 0.5) is 5.69 Å². The monoisotopic (exact) mass is 305 g/mol. The van der Waals surface area contributed by atoms with Crippen molar-refractivity contribution >= 4 is 29.2 Å². The van der Waals surface area contributed by atoms with Crippen LogP contribution in [-0.4, -0.2) is 22.1 Å². The Morgan fingerprint density at radius 3 is 2.52 bits per heavy atom. The van der Waals surface area contributed by atoms with Crippen molar-refractivity contribution in [3.63, 3.8) is 0 Å². The molecule has 6 heteroatoms. The number of hydrogen-bond donors (Lipinski definition) is 3. The molecule has 1 amide bonds. The minimum Gasteiger partial charge on any atom is -0.508 e. The summed E-state index contributed by atoms with van der Waals surface area (Å²) in [5.74, 6) is -1.70. The first-order chi connectivity index (χ1) is 9.90. The number of hydrogen-bond acceptors (Lipinski definition) is 3. The van der Waals surface area contributed by atoms with E-state index in [0.717, 1.165) is 0 Å². The summed E-state index contributed by atoms with van der Waals surface area (Å²) in [6, 6.07) is 8.65. The highest BCUT2D eigenvalue weighted by molar-refractivity contribution is 6.31. The van der Waals surface area contributed by atoms with Gasteiger partial charge in [0.25, 0.3) is 5.91 Å². The van der Waals surface area contributed by atoms with Crippen LogP contribution >= 0.6 is 11.6 Å². The highest BCUT2D eigenvalue weighted by Crippen LogP contribution is 2.24. The maximum atomic E-state index is 12.2. The minimum absolute atomic E-state index is 0.00722. The van der Waals surface area contributed by atoms with Crippen molar-refractivity contribution in [1.29, 1.82) is 0 Å². The standard InChI is InChI=1S/C15H12ClNO4/c1-8-10(3-2-4-13(8)18)14(19)17-12-7-9(16)5-6-11(12)15(20)21/h2-7,18H,1H3,(H,17,19)(H,20,21). The summed E-state index contributed by atoms with van der Waals surface area (Å²) in [6.45, 7) is 1.60. The van der Waals surface area contributed by atoms with Gasteiger partial charge in [-0.3, -0.25) is 4.79 Å². The lowest BCUT2D eigenvalue weighted by molar-refractivity contribution is 0.0698. The molecule has 0 atom stereocenters. The van der Waals surface area contributed by atoms with Gasteiger partial charge in [-0.05, 0) is 37.3 Å². The number of rotatable bonds is 3. The molecule has 0 radical (unpaired) electrons. The topological polar surface area (TPSA) is 86.6 Å². The van der Waals surface area contributed by atoms with Crippen LogP contribution in [0.2, 0.25) is 5.02 Å². The Balaban J connectivity index is 2.38. The fourth-order valence-corrected chi connectivity index (χ4v) is 2.04. The maximum Gasteiger partial charge on any atom is 0.337 e. The number of halogens is 1. The number of amides is 1. The van der Waals surface area contributed by atoms with Gasteiger partial charge in [-0.15, -0.1) is 0 Å². The number of phenolic OH excluding ortho intramolecular Hbond substituents is 1. The molecule has 2 aromatic carbocycles. The Bertz CT molecular complexity index is 728. The van der Waals surface area contributed by atoms with E-state index >= 15 is 0 Å². The molecule has 0 aliphatic rings. The number of carbonyl (C=O) groups excluding carboxylic acids is 1. The third-order valence-electron chi connectivity index (χ3n) is 3.01. The molecule has 0 fully saturated rings. The molecule has 0 aromatic heterocycles. The molecule has 0 bridgehead atoms. The molecule has 2 aromatic rings. The largest absolute Gasteiger partial charge is 0.508 e. The smallest absolute Gasteiger partial charge is 0.337 e. The lowest BCUT2D eigenvalue weighted by Crippen LogP contribution is -2.16. The Morgan fingerprint density at radius 2 is 1.86 bits per heavy atom. The van der Waals surface area contributed by atoms with Crippen molar-refractivity contribution in [3.05, 3.63) is 58.1 Å². The Morgan fingerprint density at radius 1 is 1.14 bits per heavy atom. The molecular weight excluding hydrogens is 294 g/mol. The molecule has 0 unspecified atom stereocenters. The number of carbonyl (C=O) groups is 2. The van der Waals surface area contributed by atoms with Crippen molar-refractivity contribution in [1.82, 2.24) is 0 Å². The van der Waals surface area contributed by atoms with Crippen molar-refractivity contribution in [2.24, 2.45) is 0 Å². The minimum atomic E-state index is -1.17. The Kier molecular flexibility index (Phi) is 4.14. The average Bonchev–Trinajstić information content (AvgIpc) is 2.41. The first-order valence-electron chi connectivity index (χ1n) is 6.03. The van der Waals surface area contributed by atoms with E-state index < -0.39 is 11.9 Å². The second-order valence-electron chi connectivity index (χ2n) is 4.40. The predicted octanol–water partition coefficient (Wildman–Crippen LogP) is 3.30. The van der Waals surface area contributed by atoms with Crippen LogP contribution in [0.3, 0.4) is 0 Å². The number of nitrogens with one attached hydrogen (secondary N) is 1. The van der Waals surface area contributed by atoms with Gasteiger partial charge in [-0.1, -0.05) is 17.7 Å². The number of carboxylic acids is 1. The van der Waals surface area contributed by atoms with E-state index in [2.05, 4.69) is 5.32 Å². The number of carboxylic acid groups (broad SMARTS) is 1. The molecule has 21 heavy (non-hydrogen) atoms. The van der Waals surface area contributed by atoms with E-state index in [4.69, 9.17) is 16.7 Å². The molecule has 0 aliphatic carbocycles. The van der Waals surface area contributed by atoms with E-state index in [0.29, 0.717) is 10.6 Å². The van der Waals surface area contributed by atoms with Gasteiger partial charge < -0.3 is 15.5 Å². The first kappa shape index (κ1) is 14.9. The fraction of sp³-hybridized carbons (Fsp3) is 0.0667. The van der Waals surface area contributed by atoms with Gasteiger partial charge in [-0.25, -0.2) is 4.79 Å². The van der Waals surface area contributed by atoms with Gasteiger partial charge in [-0.2, -0.15) is 0 Å². The van der Waals surface area contributed by atoms with E-state index in [1.54, 1.807) is 6.92 Å². The zero-order chi connectivity index (χ0) is 15.6. The van der Waals surface area contributed by atoms with Gasteiger partial charge in [0.2, 0.25) is 0 Å². The van der Waals surface area contributed by atoms with Crippen LogP contribution in [0.1, 0.15) is 26.3 Å². The summed E-state index contributed by atoms with van der Waals surface area (Å²) in [7, 11) is 0. The molecule has 2 rings (SSSR count). The summed E-state index contributed by atoms with van der Waals surface area (Å²) >= 11 is 5.82. The van der Waals surface area contributed by atoms with Crippen molar-refractivity contribution in [2.45, 2.75) is 6.92 Å². The maximum absolute atomic E-state index is 12.2. The highest BCUT2D eigenvalue weighted by atomic mass is 35.5.